The van der Waals surface area contributed by atoms with Crippen LogP contribution in [-0.2, 0) is 16.6 Å². The molecule has 2 aromatic carbocycles. The van der Waals surface area contributed by atoms with Gasteiger partial charge in [0.1, 0.15) is 4.90 Å². The van der Waals surface area contributed by atoms with Crippen molar-refractivity contribution in [1.82, 2.24) is 14.5 Å². The van der Waals surface area contributed by atoms with Crippen molar-refractivity contribution >= 4 is 21.8 Å². The third-order valence-electron chi connectivity index (χ3n) is 6.18. The van der Waals surface area contributed by atoms with Crippen molar-refractivity contribution in [3.63, 3.8) is 0 Å². The number of carbonyl (C=O) groups excluding carboxylic acids is 2. The smallest absolute Gasteiger partial charge is 0.269 e. The maximum Gasteiger partial charge on any atom is 0.269 e. The highest BCUT2D eigenvalue weighted by Crippen LogP contribution is 2.39. The highest BCUT2D eigenvalue weighted by Gasteiger charge is 2.48. The molecule has 7 nitrogen and oxygen atoms in total. The summed E-state index contributed by atoms with van der Waals surface area (Å²) >= 11 is 0. The molecule has 5 rings (SSSR count). The molecule has 31 heavy (non-hydrogen) atoms. The van der Waals surface area contributed by atoms with Gasteiger partial charge in [0.2, 0.25) is 0 Å². The number of likely N-dealkylation sites (tertiary alicyclic amines) is 1. The van der Waals surface area contributed by atoms with Crippen LogP contribution in [0.15, 0.2) is 53.4 Å². The number of amides is 2. The van der Waals surface area contributed by atoms with Crippen LogP contribution < -0.4 is 5.32 Å². The van der Waals surface area contributed by atoms with Crippen molar-refractivity contribution in [2.75, 3.05) is 13.1 Å². The quantitative estimate of drug-likeness (QED) is 0.773. The summed E-state index contributed by atoms with van der Waals surface area (Å²) < 4.78 is 26.6. The van der Waals surface area contributed by atoms with Crippen LogP contribution in [0.5, 0.6) is 0 Å². The van der Waals surface area contributed by atoms with Gasteiger partial charge in [-0.1, -0.05) is 30.3 Å². The number of nitrogens with one attached hydrogen (secondary N) is 1. The first kappa shape index (κ1) is 20.2. The van der Waals surface area contributed by atoms with Gasteiger partial charge >= 0.3 is 0 Å². The van der Waals surface area contributed by atoms with E-state index in [4.69, 9.17) is 0 Å². The second-order valence-corrected chi connectivity index (χ2v) is 10.4. The van der Waals surface area contributed by atoms with E-state index in [0.29, 0.717) is 12.8 Å². The van der Waals surface area contributed by atoms with E-state index in [0.717, 1.165) is 36.8 Å². The lowest BCUT2D eigenvalue weighted by atomic mass is 10.0. The fourth-order valence-corrected chi connectivity index (χ4v) is 6.33. The lowest BCUT2D eigenvalue weighted by Crippen LogP contribution is -2.47. The number of benzene rings is 2. The molecule has 8 heteroatoms. The van der Waals surface area contributed by atoms with Gasteiger partial charge in [0.05, 0.1) is 5.56 Å². The normalized spacial score (nSPS) is 22.9. The molecule has 2 aromatic rings. The molecular formula is C23H25N3O4S. The third-order valence-corrected chi connectivity index (χ3v) is 8.05. The first-order valence-corrected chi connectivity index (χ1v) is 12.2. The molecule has 1 aliphatic carbocycles. The highest BCUT2D eigenvalue weighted by atomic mass is 32.2. The predicted molar refractivity (Wildman–Crippen MR) is 115 cm³/mol. The van der Waals surface area contributed by atoms with Crippen molar-refractivity contribution in [2.45, 2.75) is 49.2 Å². The first-order chi connectivity index (χ1) is 14.9. The second kappa shape index (κ2) is 7.76. The molecule has 0 aromatic heterocycles. The zero-order valence-corrected chi connectivity index (χ0v) is 18.0. The maximum absolute atomic E-state index is 12.9. The summed E-state index contributed by atoms with van der Waals surface area (Å²) in [4.78, 5) is 27.7. The number of piperidine rings is 1. The number of fused-ring (bicyclic) bond motifs is 1. The second-order valence-electron chi connectivity index (χ2n) is 8.58. The number of hydrogen-bond acceptors (Lipinski definition) is 5. The van der Waals surface area contributed by atoms with Gasteiger partial charge in [0.25, 0.3) is 21.8 Å². The molecule has 3 aliphatic rings. The zero-order chi connectivity index (χ0) is 21.6. The Morgan fingerprint density at radius 3 is 2.58 bits per heavy atom. The fraction of sp³-hybridized carbons (Fsp3) is 0.391. The van der Waals surface area contributed by atoms with E-state index in [2.05, 4.69) is 22.3 Å². The van der Waals surface area contributed by atoms with Crippen LogP contribution in [0.25, 0.3) is 0 Å². The summed E-state index contributed by atoms with van der Waals surface area (Å²) in [6, 6.07) is 14.4. The molecule has 1 unspecified atom stereocenters. The van der Waals surface area contributed by atoms with Crippen molar-refractivity contribution in [2.24, 2.45) is 0 Å². The average molecular weight is 440 g/mol. The Hall–Kier alpha value is -2.71. The number of nitrogens with zero attached hydrogens (tertiary/aromatic N) is 2. The Morgan fingerprint density at radius 2 is 1.84 bits per heavy atom. The molecule has 0 spiro atoms. The van der Waals surface area contributed by atoms with Crippen molar-refractivity contribution in [3.05, 3.63) is 65.2 Å². The molecule has 1 N–H and O–H groups in total. The first-order valence-electron chi connectivity index (χ1n) is 10.7. The van der Waals surface area contributed by atoms with Crippen molar-refractivity contribution in [3.8, 4) is 0 Å². The molecule has 2 aliphatic heterocycles. The summed E-state index contributed by atoms with van der Waals surface area (Å²) in [5, 5.41) is 3.05. The largest absolute Gasteiger partial charge is 0.348 e. The predicted octanol–water partition coefficient (Wildman–Crippen LogP) is 2.39. The summed E-state index contributed by atoms with van der Waals surface area (Å²) in [6.45, 7) is 2.57. The molecular weight excluding hydrogens is 414 g/mol. The van der Waals surface area contributed by atoms with Crippen molar-refractivity contribution in [1.29, 1.82) is 0 Å². The van der Waals surface area contributed by atoms with Crippen LogP contribution in [0.3, 0.4) is 0 Å². The number of hydrogen-bond donors (Lipinski definition) is 1. The van der Waals surface area contributed by atoms with Gasteiger partial charge in [-0.25, -0.2) is 12.7 Å². The summed E-state index contributed by atoms with van der Waals surface area (Å²) in [5.74, 6) is -0.782. The minimum absolute atomic E-state index is 0.000538. The van der Waals surface area contributed by atoms with E-state index >= 15 is 0 Å². The van der Waals surface area contributed by atoms with Gasteiger partial charge < -0.3 is 5.32 Å². The van der Waals surface area contributed by atoms with Crippen LogP contribution >= 0.6 is 0 Å². The number of carbonyl (C=O) groups is 2. The molecule has 1 saturated heterocycles. The molecule has 2 fully saturated rings. The van der Waals surface area contributed by atoms with E-state index in [-0.39, 0.29) is 34.0 Å². The van der Waals surface area contributed by atoms with Gasteiger partial charge in [-0.2, -0.15) is 0 Å². The fourth-order valence-electron chi connectivity index (χ4n) is 4.49. The molecule has 2 heterocycles. The van der Waals surface area contributed by atoms with E-state index < -0.39 is 15.9 Å². The van der Waals surface area contributed by atoms with Crippen LogP contribution in [0.1, 0.15) is 52.0 Å². The van der Waals surface area contributed by atoms with Crippen molar-refractivity contribution < 1.29 is 18.0 Å². The Labute approximate surface area is 182 Å². The number of sulfonamides is 1. The highest BCUT2D eigenvalue weighted by molar-refractivity contribution is 7.90. The van der Waals surface area contributed by atoms with Gasteiger partial charge in [-0.15, -0.1) is 0 Å². The van der Waals surface area contributed by atoms with Crippen LogP contribution in [0.2, 0.25) is 0 Å². The maximum atomic E-state index is 12.9. The monoisotopic (exact) mass is 439 g/mol. The topological polar surface area (TPSA) is 86.8 Å². The van der Waals surface area contributed by atoms with E-state index in [1.807, 2.05) is 18.2 Å². The summed E-state index contributed by atoms with van der Waals surface area (Å²) in [5.41, 5.74) is 1.67. The molecule has 1 saturated carbocycles. The van der Waals surface area contributed by atoms with Crippen LogP contribution in [-0.4, -0.2) is 54.6 Å². The van der Waals surface area contributed by atoms with Gasteiger partial charge in [-0.3, -0.25) is 14.5 Å². The lowest BCUT2D eigenvalue weighted by molar-refractivity contribution is 0.0861. The SMILES string of the molecule is O=C(NC1CCCN(Cc2ccccc2)C1)c1ccc2c(c1)S(=O)(=O)N(C1CC1)C2=O. The average Bonchev–Trinajstić information content (AvgIpc) is 3.56. The van der Waals surface area contributed by atoms with E-state index in [1.165, 1.54) is 17.7 Å². The minimum atomic E-state index is -3.87. The molecule has 1 atom stereocenters. The molecule has 0 radical (unpaired) electrons. The van der Waals surface area contributed by atoms with Crippen LogP contribution in [0, 0.1) is 0 Å². The zero-order valence-electron chi connectivity index (χ0n) is 17.2. The van der Waals surface area contributed by atoms with Gasteiger partial charge in [-0.05, 0) is 56.0 Å². The third kappa shape index (κ3) is 3.85. The standard InChI is InChI=1S/C23H25N3O4S/c27-22(24-18-7-4-12-25(15-18)14-16-5-2-1-3-6-16)17-8-11-20-21(13-17)31(29,30)26(23(20)28)19-9-10-19/h1-3,5-6,8,11,13,18-19H,4,7,9-10,12,14-15H2,(H,24,27). The van der Waals surface area contributed by atoms with E-state index in [9.17, 15) is 18.0 Å². The van der Waals surface area contributed by atoms with Gasteiger partial charge in [0, 0.05) is 30.7 Å². The lowest BCUT2D eigenvalue weighted by Gasteiger charge is -2.33. The Kier molecular flexibility index (Phi) is 5.06. The van der Waals surface area contributed by atoms with E-state index in [1.54, 1.807) is 6.07 Å². The molecule has 2 amide bonds. The van der Waals surface area contributed by atoms with Gasteiger partial charge in [0.15, 0.2) is 0 Å². The Morgan fingerprint density at radius 1 is 1.06 bits per heavy atom. The molecule has 0 bridgehead atoms. The summed E-state index contributed by atoms with van der Waals surface area (Å²) in [7, 11) is -3.87. The molecule has 162 valence electrons. The minimum Gasteiger partial charge on any atom is -0.348 e. The number of rotatable bonds is 5. The van der Waals surface area contributed by atoms with Crippen LogP contribution in [0.4, 0.5) is 0 Å². The summed E-state index contributed by atoms with van der Waals surface area (Å²) in [6.07, 6.45) is 3.27. The Bertz CT molecular complexity index is 1130. The Balaban J connectivity index is 1.28.